The van der Waals surface area contributed by atoms with Crippen LogP contribution in [0.3, 0.4) is 0 Å². The zero-order valence-electron chi connectivity index (χ0n) is 15.4. The van der Waals surface area contributed by atoms with Crippen molar-refractivity contribution in [3.05, 3.63) is 12.7 Å². The SMILES string of the molecule is C=CC(CC=O)(CCCCCCCC)CCCCCCCC. The lowest BCUT2D eigenvalue weighted by Crippen LogP contribution is -2.18. The highest BCUT2D eigenvalue weighted by atomic mass is 16.1. The summed E-state index contributed by atoms with van der Waals surface area (Å²) in [5, 5.41) is 0. The first kappa shape index (κ1) is 21.4. The maximum absolute atomic E-state index is 11.1. The van der Waals surface area contributed by atoms with Gasteiger partial charge in [0.05, 0.1) is 0 Å². The predicted octanol–water partition coefficient (Wildman–Crippen LogP) is 7.25. The van der Waals surface area contributed by atoms with Crippen LogP contribution >= 0.6 is 0 Å². The summed E-state index contributed by atoms with van der Waals surface area (Å²) in [6.45, 7) is 8.56. The Bertz CT molecular complexity index is 241. The molecule has 0 radical (unpaired) electrons. The molecule has 0 aromatic carbocycles. The van der Waals surface area contributed by atoms with E-state index in [1.54, 1.807) is 0 Å². The van der Waals surface area contributed by atoms with Gasteiger partial charge in [0, 0.05) is 6.42 Å². The van der Waals surface area contributed by atoms with Crippen LogP contribution in [-0.2, 0) is 4.79 Å². The molecule has 0 saturated carbocycles. The fourth-order valence-corrected chi connectivity index (χ4v) is 3.30. The van der Waals surface area contributed by atoms with Crippen molar-refractivity contribution >= 4 is 6.29 Å². The second-order valence-electron chi connectivity index (χ2n) is 6.97. The van der Waals surface area contributed by atoms with Gasteiger partial charge < -0.3 is 4.79 Å². The molecule has 0 aromatic heterocycles. The van der Waals surface area contributed by atoms with Gasteiger partial charge in [0.1, 0.15) is 6.29 Å². The molecular weight excluding hydrogens is 268 g/mol. The molecule has 22 heavy (non-hydrogen) atoms. The zero-order valence-corrected chi connectivity index (χ0v) is 15.4. The molecule has 0 spiro atoms. The second kappa shape index (κ2) is 15.3. The third-order valence-electron chi connectivity index (χ3n) is 4.98. The Morgan fingerprint density at radius 2 is 1.14 bits per heavy atom. The Hall–Kier alpha value is -0.590. The Kier molecular flexibility index (Phi) is 14.9. The van der Waals surface area contributed by atoms with Gasteiger partial charge in [-0.2, -0.15) is 0 Å². The van der Waals surface area contributed by atoms with E-state index in [-0.39, 0.29) is 5.41 Å². The maximum Gasteiger partial charge on any atom is 0.120 e. The minimum absolute atomic E-state index is 0.0806. The summed E-state index contributed by atoms with van der Waals surface area (Å²) >= 11 is 0. The molecule has 0 bridgehead atoms. The Labute approximate surface area is 140 Å². The first-order chi connectivity index (χ1) is 10.7. The zero-order chi connectivity index (χ0) is 16.5. The Morgan fingerprint density at radius 1 is 0.727 bits per heavy atom. The molecule has 0 rings (SSSR count). The first-order valence-corrected chi connectivity index (χ1v) is 9.82. The molecule has 0 aliphatic carbocycles. The van der Waals surface area contributed by atoms with Gasteiger partial charge in [0.15, 0.2) is 0 Å². The Morgan fingerprint density at radius 3 is 1.50 bits per heavy atom. The van der Waals surface area contributed by atoms with Crippen molar-refractivity contribution in [2.24, 2.45) is 5.41 Å². The standard InChI is InChI=1S/C21H40O/c1-4-7-9-11-13-15-17-21(6-3,19-20-22)18-16-14-12-10-8-5-2/h6,20H,3-5,7-19H2,1-2H3. The van der Waals surface area contributed by atoms with Gasteiger partial charge in [-0.05, 0) is 18.3 Å². The molecular formula is C21H40O. The minimum atomic E-state index is 0.0806. The molecule has 0 aromatic rings. The van der Waals surface area contributed by atoms with E-state index >= 15 is 0 Å². The third kappa shape index (κ3) is 11.0. The van der Waals surface area contributed by atoms with Crippen LogP contribution in [0.15, 0.2) is 12.7 Å². The highest BCUT2D eigenvalue weighted by Crippen LogP contribution is 2.36. The summed E-state index contributed by atoms with van der Waals surface area (Å²) in [5.41, 5.74) is 0.0806. The number of carbonyl (C=O) groups excluding carboxylic acids is 1. The summed E-state index contributed by atoms with van der Waals surface area (Å²) in [6, 6.07) is 0. The number of allylic oxidation sites excluding steroid dienone is 1. The quantitative estimate of drug-likeness (QED) is 0.157. The van der Waals surface area contributed by atoms with Crippen molar-refractivity contribution in [2.45, 2.75) is 110 Å². The number of carbonyl (C=O) groups is 1. The molecule has 1 heteroatoms. The van der Waals surface area contributed by atoms with Gasteiger partial charge >= 0.3 is 0 Å². The highest BCUT2D eigenvalue weighted by Gasteiger charge is 2.24. The molecule has 1 nitrogen and oxygen atoms in total. The molecule has 0 aliphatic heterocycles. The van der Waals surface area contributed by atoms with Crippen molar-refractivity contribution in [1.29, 1.82) is 0 Å². The lowest BCUT2D eigenvalue weighted by Gasteiger charge is -2.29. The molecule has 0 atom stereocenters. The van der Waals surface area contributed by atoms with Gasteiger partial charge in [-0.1, -0.05) is 97.0 Å². The molecule has 0 unspecified atom stereocenters. The number of hydrogen-bond donors (Lipinski definition) is 0. The van der Waals surface area contributed by atoms with Gasteiger partial charge in [-0.15, -0.1) is 6.58 Å². The molecule has 0 amide bonds. The van der Waals surface area contributed by atoms with Crippen LogP contribution < -0.4 is 0 Å². The van der Waals surface area contributed by atoms with Crippen LogP contribution in [0.1, 0.15) is 110 Å². The Balaban J connectivity index is 4.00. The van der Waals surface area contributed by atoms with Gasteiger partial charge in [0.25, 0.3) is 0 Å². The number of hydrogen-bond acceptors (Lipinski definition) is 1. The lowest BCUT2D eigenvalue weighted by molar-refractivity contribution is -0.109. The molecule has 0 aliphatic rings. The van der Waals surface area contributed by atoms with Crippen LogP contribution in [0.2, 0.25) is 0 Å². The predicted molar refractivity (Wildman–Crippen MR) is 99.3 cm³/mol. The van der Waals surface area contributed by atoms with E-state index in [1.807, 2.05) is 0 Å². The fourth-order valence-electron chi connectivity index (χ4n) is 3.30. The molecule has 0 fully saturated rings. The van der Waals surface area contributed by atoms with Crippen LogP contribution in [0.5, 0.6) is 0 Å². The van der Waals surface area contributed by atoms with Gasteiger partial charge in [-0.25, -0.2) is 0 Å². The fraction of sp³-hybridized carbons (Fsp3) is 0.857. The molecule has 0 N–H and O–H groups in total. The van der Waals surface area contributed by atoms with Gasteiger partial charge in [0.2, 0.25) is 0 Å². The largest absolute Gasteiger partial charge is 0.303 e. The smallest absolute Gasteiger partial charge is 0.120 e. The monoisotopic (exact) mass is 308 g/mol. The number of rotatable bonds is 17. The first-order valence-electron chi connectivity index (χ1n) is 9.82. The summed E-state index contributed by atoms with van der Waals surface area (Å²) in [7, 11) is 0. The van der Waals surface area contributed by atoms with Crippen molar-refractivity contribution in [2.75, 3.05) is 0 Å². The molecule has 0 heterocycles. The summed E-state index contributed by atoms with van der Waals surface area (Å²) in [4.78, 5) is 11.1. The highest BCUT2D eigenvalue weighted by molar-refractivity contribution is 5.51. The van der Waals surface area contributed by atoms with E-state index in [9.17, 15) is 4.79 Å². The van der Waals surface area contributed by atoms with Crippen LogP contribution in [0.4, 0.5) is 0 Å². The molecule has 0 saturated heterocycles. The number of unbranched alkanes of at least 4 members (excludes halogenated alkanes) is 10. The van der Waals surface area contributed by atoms with Crippen LogP contribution in [0, 0.1) is 5.41 Å². The summed E-state index contributed by atoms with van der Waals surface area (Å²) < 4.78 is 0. The average Bonchev–Trinajstić information content (AvgIpc) is 2.54. The van der Waals surface area contributed by atoms with E-state index in [1.165, 1.54) is 77.0 Å². The summed E-state index contributed by atoms with van der Waals surface area (Å²) in [6.07, 6.45) is 22.0. The normalized spacial score (nSPS) is 11.5. The van der Waals surface area contributed by atoms with E-state index in [2.05, 4.69) is 26.5 Å². The van der Waals surface area contributed by atoms with E-state index in [0.717, 1.165) is 19.1 Å². The number of aldehydes is 1. The van der Waals surface area contributed by atoms with E-state index in [0.29, 0.717) is 6.42 Å². The third-order valence-corrected chi connectivity index (χ3v) is 4.98. The lowest BCUT2D eigenvalue weighted by atomic mass is 9.75. The second-order valence-corrected chi connectivity index (χ2v) is 6.97. The van der Waals surface area contributed by atoms with E-state index in [4.69, 9.17) is 0 Å². The average molecular weight is 309 g/mol. The van der Waals surface area contributed by atoms with Crippen LogP contribution in [-0.4, -0.2) is 6.29 Å². The van der Waals surface area contributed by atoms with Gasteiger partial charge in [-0.3, -0.25) is 0 Å². The van der Waals surface area contributed by atoms with Crippen molar-refractivity contribution < 1.29 is 4.79 Å². The van der Waals surface area contributed by atoms with Crippen molar-refractivity contribution in [3.8, 4) is 0 Å². The maximum atomic E-state index is 11.1. The minimum Gasteiger partial charge on any atom is -0.303 e. The summed E-state index contributed by atoms with van der Waals surface area (Å²) in [5.74, 6) is 0. The molecule has 130 valence electrons. The topological polar surface area (TPSA) is 17.1 Å². The van der Waals surface area contributed by atoms with E-state index < -0.39 is 0 Å². The van der Waals surface area contributed by atoms with Crippen molar-refractivity contribution in [1.82, 2.24) is 0 Å². The van der Waals surface area contributed by atoms with Crippen molar-refractivity contribution in [3.63, 3.8) is 0 Å². The van der Waals surface area contributed by atoms with Crippen LogP contribution in [0.25, 0.3) is 0 Å².